The molecule has 3 heterocycles. The SMILES string of the molecule is C[C@]1(C[C@H](NC(=O)[C@@H]2[C@H]3CCC[C@H]3CN2C(=O)c2cc(C(F)(F)F)on2)C(=O)COC(F)(F)F)CCNC1=O. The van der Waals surface area contributed by atoms with E-state index in [9.17, 15) is 45.5 Å². The van der Waals surface area contributed by atoms with Crippen LogP contribution in [0.4, 0.5) is 26.3 Å². The summed E-state index contributed by atoms with van der Waals surface area (Å²) in [4.78, 5) is 52.8. The fourth-order valence-corrected chi connectivity index (χ4v) is 5.69. The van der Waals surface area contributed by atoms with E-state index in [-0.39, 0.29) is 31.8 Å². The number of ether oxygens (including phenoxy) is 1. The molecule has 0 bridgehead atoms. The smallest absolute Gasteiger partial charge is 0.356 e. The Morgan fingerprint density at radius 3 is 2.56 bits per heavy atom. The average Bonchev–Trinajstić information content (AvgIpc) is 3.60. The van der Waals surface area contributed by atoms with Gasteiger partial charge in [0.15, 0.2) is 11.5 Å². The Labute approximate surface area is 217 Å². The number of likely N-dealkylation sites (tertiary alicyclic amines) is 1. The summed E-state index contributed by atoms with van der Waals surface area (Å²) < 4.78 is 84.5. The first-order valence-corrected chi connectivity index (χ1v) is 12.3. The molecule has 2 N–H and O–H groups in total. The number of hydrogen-bond donors (Lipinski definition) is 2. The number of amides is 3. The van der Waals surface area contributed by atoms with E-state index in [1.165, 1.54) is 6.92 Å². The van der Waals surface area contributed by atoms with E-state index in [4.69, 9.17) is 0 Å². The van der Waals surface area contributed by atoms with Crippen molar-refractivity contribution in [2.75, 3.05) is 19.7 Å². The van der Waals surface area contributed by atoms with Crippen LogP contribution >= 0.6 is 0 Å². The van der Waals surface area contributed by atoms with Crippen molar-refractivity contribution in [2.45, 2.75) is 63.7 Å². The first kappa shape index (κ1) is 28.8. The third kappa shape index (κ3) is 6.20. The highest BCUT2D eigenvalue weighted by Crippen LogP contribution is 2.43. The van der Waals surface area contributed by atoms with Gasteiger partial charge in [0.25, 0.3) is 5.91 Å². The van der Waals surface area contributed by atoms with Crippen molar-refractivity contribution >= 4 is 23.5 Å². The number of nitrogens with one attached hydrogen (secondary N) is 2. The van der Waals surface area contributed by atoms with E-state index in [1.807, 2.05) is 0 Å². The third-order valence-corrected chi connectivity index (χ3v) is 7.68. The molecule has 1 saturated carbocycles. The van der Waals surface area contributed by atoms with E-state index in [0.717, 1.165) is 11.3 Å². The zero-order valence-electron chi connectivity index (χ0n) is 20.7. The normalized spacial score (nSPS) is 27.8. The number of carbonyl (C=O) groups is 4. The van der Waals surface area contributed by atoms with E-state index in [2.05, 4.69) is 25.1 Å². The molecule has 5 atom stereocenters. The molecule has 3 aliphatic rings. The monoisotopic (exact) mass is 568 g/mol. The number of hydrogen-bond acceptors (Lipinski definition) is 7. The lowest BCUT2D eigenvalue weighted by atomic mass is 9.81. The molecule has 1 aromatic heterocycles. The van der Waals surface area contributed by atoms with E-state index in [0.29, 0.717) is 18.9 Å². The van der Waals surface area contributed by atoms with Crippen molar-refractivity contribution < 1.29 is 54.8 Å². The summed E-state index contributed by atoms with van der Waals surface area (Å²) in [5.74, 6) is -5.48. The second-order valence-electron chi connectivity index (χ2n) is 10.4. The summed E-state index contributed by atoms with van der Waals surface area (Å²) >= 11 is 0. The van der Waals surface area contributed by atoms with E-state index in [1.54, 1.807) is 0 Å². The second-order valence-corrected chi connectivity index (χ2v) is 10.4. The number of nitrogens with zero attached hydrogens (tertiary/aromatic N) is 2. The van der Waals surface area contributed by atoms with Crippen LogP contribution in [-0.2, 0) is 25.3 Å². The van der Waals surface area contributed by atoms with Crippen molar-refractivity contribution in [2.24, 2.45) is 17.3 Å². The summed E-state index contributed by atoms with van der Waals surface area (Å²) in [6.45, 7) is 0.402. The molecule has 1 aliphatic carbocycles. The molecule has 0 radical (unpaired) electrons. The number of rotatable bonds is 8. The summed E-state index contributed by atoms with van der Waals surface area (Å²) in [5.41, 5.74) is -1.83. The fourth-order valence-electron chi connectivity index (χ4n) is 5.69. The predicted molar refractivity (Wildman–Crippen MR) is 116 cm³/mol. The Morgan fingerprint density at radius 2 is 1.97 bits per heavy atom. The molecular weight excluding hydrogens is 542 g/mol. The number of aromatic nitrogens is 1. The van der Waals surface area contributed by atoms with Crippen LogP contribution in [0, 0.1) is 17.3 Å². The van der Waals surface area contributed by atoms with Crippen LogP contribution < -0.4 is 10.6 Å². The number of halogens is 6. The summed E-state index contributed by atoms with van der Waals surface area (Å²) in [6, 6.07) is -2.36. The molecule has 3 fully saturated rings. The van der Waals surface area contributed by atoms with Crippen molar-refractivity contribution in [3.8, 4) is 0 Å². The van der Waals surface area contributed by atoms with Gasteiger partial charge < -0.3 is 20.1 Å². The van der Waals surface area contributed by atoms with Gasteiger partial charge in [-0.15, -0.1) is 13.2 Å². The highest BCUT2D eigenvalue weighted by atomic mass is 19.4. The quantitative estimate of drug-likeness (QED) is 0.461. The Hall–Kier alpha value is -3.17. The van der Waals surface area contributed by atoms with Gasteiger partial charge in [0.1, 0.15) is 12.6 Å². The number of alkyl halides is 6. The average molecular weight is 568 g/mol. The van der Waals surface area contributed by atoms with Gasteiger partial charge in [0.2, 0.25) is 17.6 Å². The predicted octanol–water partition coefficient (Wildman–Crippen LogP) is 2.44. The largest absolute Gasteiger partial charge is 0.522 e. The maximum Gasteiger partial charge on any atom is 0.522 e. The van der Waals surface area contributed by atoms with Crippen molar-refractivity contribution in [3.05, 3.63) is 17.5 Å². The minimum Gasteiger partial charge on any atom is -0.356 e. The zero-order chi connectivity index (χ0) is 28.8. The van der Waals surface area contributed by atoms with Crippen LogP contribution in [0.3, 0.4) is 0 Å². The van der Waals surface area contributed by atoms with Gasteiger partial charge in [0.05, 0.1) is 11.5 Å². The highest BCUT2D eigenvalue weighted by Gasteiger charge is 2.51. The fraction of sp³-hybridized carbons (Fsp3) is 0.696. The lowest BCUT2D eigenvalue weighted by molar-refractivity contribution is -0.321. The molecule has 3 amide bonds. The van der Waals surface area contributed by atoms with Crippen LogP contribution in [0.2, 0.25) is 0 Å². The molecule has 2 saturated heterocycles. The Balaban J connectivity index is 1.57. The molecule has 0 unspecified atom stereocenters. The lowest BCUT2D eigenvalue weighted by Gasteiger charge is -2.31. The van der Waals surface area contributed by atoms with Gasteiger partial charge in [-0.05, 0) is 37.5 Å². The molecule has 10 nitrogen and oxygen atoms in total. The molecular formula is C23H26F6N4O6. The van der Waals surface area contributed by atoms with Crippen molar-refractivity contribution in [3.63, 3.8) is 0 Å². The van der Waals surface area contributed by atoms with Gasteiger partial charge in [-0.1, -0.05) is 18.5 Å². The molecule has 2 aliphatic heterocycles. The number of carbonyl (C=O) groups excluding carboxylic acids is 4. The van der Waals surface area contributed by atoms with Gasteiger partial charge in [-0.25, -0.2) is 0 Å². The van der Waals surface area contributed by atoms with Crippen LogP contribution in [-0.4, -0.2) is 71.7 Å². The van der Waals surface area contributed by atoms with Gasteiger partial charge in [0, 0.05) is 19.2 Å². The first-order chi connectivity index (χ1) is 18.1. The Morgan fingerprint density at radius 1 is 1.26 bits per heavy atom. The highest BCUT2D eigenvalue weighted by molar-refractivity contribution is 5.98. The lowest BCUT2D eigenvalue weighted by Crippen LogP contribution is -2.54. The number of fused-ring (bicyclic) bond motifs is 1. The molecule has 0 spiro atoms. The molecule has 16 heteroatoms. The molecule has 1 aromatic rings. The van der Waals surface area contributed by atoms with Crippen LogP contribution in [0.15, 0.2) is 10.6 Å². The summed E-state index contributed by atoms with van der Waals surface area (Å²) in [6.07, 6.45) is -8.19. The van der Waals surface area contributed by atoms with Gasteiger partial charge in [-0.3, -0.25) is 23.9 Å². The third-order valence-electron chi connectivity index (χ3n) is 7.68. The van der Waals surface area contributed by atoms with Crippen molar-refractivity contribution in [1.82, 2.24) is 20.7 Å². The van der Waals surface area contributed by atoms with E-state index < -0.39 is 77.5 Å². The standard InChI is InChI=1S/C23H26F6N4O6/c1-21(5-6-30-20(21)37)8-14(15(34)10-38-23(27,28)29)31-18(35)17-12-4-2-3-11(12)9-33(17)19(36)13-7-16(39-32-13)22(24,25)26/h7,11-12,14,17H,2-6,8-10H2,1H3,(H,30,37)(H,31,35)/t11-,12-,14-,17-,21+/m0/s1. The number of Topliss-reactive ketones (excluding diaryl/α,β-unsaturated/α-hetero) is 1. The minimum absolute atomic E-state index is 0.0334. The maximum absolute atomic E-state index is 13.5. The number of ketones is 1. The molecule has 216 valence electrons. The topological polar surface area (TPSA) is 131 Å². The van der Waals surface area contributed by atoms with Crippen LogP contribution in [0.25, 0.3) is 0 Å². The zero-order valence-corrected chi connectivity index (χ0v) is 20.7. The Kier molecular flexibility index (Phi) is 7.71. The van der Waals surface area contributed by atoms with Crippen LogP contribution in [0.1, 0.15) is 55.3 Å². The molecule has 39 heavy (non-hydrogen) atoms. The summed E-state index contributed by atoms with van der Waals surface area (Å²) in [5, 5.41) is 8.19. The molecule has 4 rings (SSSR count). The Bertz CT molecular complexity index is 1140. The first-order valence-electron chi connectivity index (χ1n) is 12.3. The van der Waals surface area contributed by atoms with Crippen LogP contribution in [0.5, 0.6) is 0 Å². The maximum atomic E-state index is 13.5. The summed E-state index contributed by atoms with van der Waals surface area (Å²) in [7, 11) is 0. The van der Waals surface area contributed by atoms with E-state index >= 15 is 0 Å². The van der Waals surface area contributed by atoms with Gasteiger partial charge in [-0.2, -0.15) is 13.2 Å². The van der Waals surface area contributed by atoms with Crippen molar-refractivity contribution in [1.29, 1.82) is 0 Å². The second kappa shape index (κ2) is 10.4. The van der Waals surface area contributed by atoms with Gasteiger partial charge >= 0.3 is 12.5 Å². The molecule has 0 aromatic carbocycles. The minimum atomic E-state index is -5.11.